The number of nitrogens with one attached hydrogen (secondary N) is 1. The van der Waals surface area contributed by atoms with E-state index in [-0.39, 0.29) is 35.8 Å². The summed E-state index contributed by atoms with van der Waals surface area (Å²) in [5.74, 6) is -0.148. The van der Waals surface area contributed by atoms with E-state index < -0.39 is 27.5 Å². The standard InChI is InChI=1S/C31H30N2O5S.2ClH/c34-29(26-5-4-16-32-18-26)20-33-19-27-14-12-25-17-24(13-15-31(25)38-27)22-8-10-23(11-9-22)30(35)21-39(36,37)28-6-2-1-3-7-28;;/h1-11,13,15-18,27,29,33-34H,12,14,19-21H2;2*1H/t27-,29+;;/m1../s1. The van der Waals surface area contributed by atoms with Crippen molar-refractivity contribution in [3.05, 3.63) is 114 Å². The monoisotopic (exact) mass is 614 g/mol. The summed E-state index contributed by atoms with van der Waals surface area (Å²) in [6, 6.07) is 24.8. The van der Waals surface area contributed by atoms with Crippen LogP contribution in [0, 0.1) is 0 Å². The fourth-order valence-electron chi connectivity index (χ4n) is 4.66. The molecule has 0 radical (unpaired) electrons. The number of Topliss-reactive ketones (excluding diaryl/α,β-unsaturated/α-hetero) is 1. The molecule has 4 aromatic rings. The van der Waals surface area contributed by atoms with Crippen LogP contribution in [0.5, 0.6) is 5.75 Å². The lowest BCUT2D eigenvalue weighted by atomic mass is 9.96. The van der Waals surface area contributed by atoms with Crippen molar-refractivity contribution in [2.24, 2.45) is 0 Å². The Labute approximate surface area is 252 Å². The number of aliphatic hydroxyl groups excluding tert-OH is 1. The van der Waals surface area contributed by atoms with Crippen LogP contribution in [-0.2, 0) is 16.3 Å². The van der Waals surface area contributed by atoms with Crippen molar-refractivity contribution in [2.75, 3.05) is 18.8 Å². The first kappa shape index (κ1) is 32.2. The van der Waals surface area contributed by atoms with Crippen molar-refractivity contribution in [2.45, 2.75) is 29.9 Å². The van der Waals surface area contributed by atoms with Crippen LogP contribution < -0.4 is 10.1 Å². The number of rotatable bonds is 10. The molecule has 3 aromatic carbocycles. The van der Waals surface area contributed by atoms with Crippen molar-refractivity contribution in [1.82, 2.24) is 10.3 Å². The normalized spacial score (nSPS) is 14.9. The molecule has 41 heavy (non-hydrogen) atoms. The Bertz CT molecular complexity index is 1540. The molecule has 0 spiro atoms. The number of hydrogen-bond donors (Lipinski definition) is 2. The summed E-state index contributed by atoms with van der Waals surface area (Å²) in [6.45, 7) is 1.06. The van der Waals surface area contributed by atoms with Gasteiger partial charge in [-0.2, -0.15) is 0 Å². The molecule has 2 N–H and O–H groups in total. The van der Waals surface area contributed by atoms with E-state index in [0.29, 0.717) is 18.7 Å². The minimum absolute atomic E-state index is 0. The van der Waals surface area contributed by atoms with Crippen molar-refractivity contribution >= 4 is 40.4 Å². The molecule has 0 saturated carbocycles. The van der Waals surface area contributed by atoms with Gasteiger partial charge in [0.1, 0.15) is 17.6 Å². The Morgan fingerprint density at radius 1 is 0.976 bits per heavy atom. The van der Waals surface area contributed by atoms with Gasteiger partial charge in [-0.05, 0) is 59.9 Å². The van der Waals surface area contributed by atoms with E-state index in [4.69, 9.17) is 4.74 Å². The van der Waals surface area contributed by atoms with Crippen molar-refractivity contribution in [3.8, 4) is 16.9 Å². The number of carbonyl (C=O) groups is 1. The van der Waals surface area contributed by atoms with Crippen molar-refractivity contribution < 1.29 is 23.1 Å². The maximum atomic E-state index is 12.7. The average molecular weight is 616 g/mol. The molecule has 5 rings (SSSR count). The molecule has 10 heteroatoms. The number of halogens is 2. The fraction of sp³-hybridized carbons (Fsp3) is 0.226. The molecular weight excluding hydrogens is 583 g/mol. The Morgan fingerprint density at radius 2 is 1.71 bits per heavy atom. The van der Waals surface area contributed by atoms with Gasteiger partial charge in [0.25, 0.3) is 0 Å². The Hall–Kier alpha value is -3.27. The van der Waals surface area contributed by atoms with Crippen LogP contribution in [-0.4, -0.2) is 49.2 Å². The Kier molecular flexibility index (Phi) is 11.5. The third-order valence-electron chi connectivity index (χ3n) is 6.83. The molecule has 0 bridgehead atoms. The number of nitrogens with zero attached hydrogens (tertiary/aromatic N) is 1. The number of fused-ring (bicyclic) bond motifs is 1. The molecule has 1 aromatic heterocycles. The number of aromatic nitrogens is 1. The second kappa shape index (κ2) is 14.6. The molecule has 0 saturated heterocycles. The molecule has 2 atom stereocenters. The first-order chi connectivity index (χ1) is 18.9. The molecule has 0 aliphatic carbocycles. The predicted octanol–water partition coefficient (Wildman–Crippen LogP) is 5.27. The number of ether oxygens (including phenoxy) is 1. The molecule has 216 valence electrons. The SMILES string of the molecule is Cl.Cl.O=C(CS(=O)(=O)c1ccccc1)c1ccc(-c2ccc3c(c2)CC[C@H](CNC[C@H](O)c2cccnc2)O3)cc1. The summed E-state index contributed by atoms with van der Waals surface area (Å²) < 4.78 is 31.3. The number of benzene rings is 3. The van der Waals surface area contributed by atoms with E-state index in [2.05, 4.69) is 16.4 Å². The quantitative estimate of drug-likeness (QED) is 0.235. The summed E-state index contributed by atoms with van der Waals surface area (Å²) in [5, 5.41) is 13.6. The van der Waals surface area contributed by atoms with Gasteiger partial charge in [0.2, 0.25) is 0 Å². The lowest BCUT2D eigenvalue weighted by molar-refractivity contribution is 0.102. The molecule has 0 unspecified atom stereocenters. The van der Waals surface area contributed by atoms with Gasteiger partial charge in [0.05, 0.1) is 11.0 Å². The second-order valence-electron chi connectivity index (χ2n) is 9.63. The van der Waals surface area contributed by atoms with Gasteiger partial charge < -0.3 is 15.2 Å². The van der Waals surface area contributed by atoms with Crippen LogP contribution in [0.4, 0.5) is 0 Å². The van der Waals surface area contributed by atoms with Gasteiger partial charge in [0, 0.05) is 36.6 Å². The lowest BCUT2D eigenvalue weighted by Gasteiger charge is -2.27. The smallest absolute Gasteiger partial charge is 0.185 e. The van der Waals surface area contributed by atoms with E-state index in [9.17, 15) is 18.3 Å². The van der Waals surface area contributed by atoms with Gasteiger partial charge in [0.15, 0.2) is 15.6 Å². The van der Waals surface area contributed by atoms with Crippen LogP contribution >= 0.6 is 24.8 Å². The maximum absolute atomic E-state index is 12.7. The largest absolute Gasteiger partial charge is 0.489 e. The zero-order chi connectivity index (χ0) is 27.2. The highest BCUT2D eigenvalue weighted by Crippen LogP contribution is 2.32. The van der Waals surface area contributed by atoms with Gasteiger partial charge in [-0.1, -0.05) is 54.6 Å². The number of hydrogen-bond acceptors (Lipinski definition) is 7. The van der Waals surface area contributed by atoms with Crippen LogP contribution in [0.15, 0.2) is 102 Å². The highest BCUT2D eigenvalue weighted by molar-refractivity contribution is 7.92. The van der Waals surface area contributed by atoms with Crippen LogP contribution in [0.1, 0.15) is 34.0 Å². The zero-order valence-electron chi connectivity index (χ0n) is 22.2. The van der Waals surface area contributed by atoms with Gasteiger partial charge in [-0.3, -0.25) is 9.78 Å². The van der Waals surface area contributed by atoms with Crippen LogP contribution in [0.2, 0.25) is 0 Å². The second-order valence-corrected chi connectivity index (χ2v) is 11.6. The van der Waals surface area contributed by atoms with Gasteiger partial charge >= 0.3 is 0 Å². The molecule has 7 nitrogen and oxygen atoms in total. The summed E-state index contributed by atoms with van der Waals surface area (Å²) >= 11 is 0. The highest BCUT2D eigenvalue weighted by atomic mass is 35.5. The molecular formula is C31H32Cl2N2O5S. The maximum Gasteiger partial charge on any atom is 0.185 e. The fourth-order valence-corrected chi connectivity index (χ4v) is 5.91. The van der Waals surface area contributed by atoms with Gasteiger partial charge in [-0.25, -0.2) is 8.42 Å². The number of sulfone groups is 1. The topological polar surface area (TPSA) is 106 Å². The van der Waals surface area contributed by atoms with Crippen molar-refractivity contribution in [1.29, 1.82) is 0 Å². The van der Waals surface area contributed by atoms with Crippen LogP contribution in [0.25, 0.3) is 11.1 Å². The molecule has 1 aliphatic rings. The molecule has 1 aliphatic heterocycles. The minimum Gasteiger partial charge on any atom is -0.489 e. The predicted molar refractivity (Wildman–Crippen MR) is 164 cm³/mol. The molecule has 0 amide bonds. The highest BCUT2D eigenvalue weighted by Gasteiger charge is 2.22. The van der Waals surface area contributed by atoms with E-state index in [1.165, 1.54) is 12.1 Å². The first-order valence-electron chi connectivity index (χ1n) is 12.9. The summed E-state index contributed by atoms with van der Waals surface area (Å²) in [6.07, 6.45) is 4.47. The van der Waals surface area contributed by atoms with Crippen molar-refractivity contribution in [3.63, 3.8) is 0 Å². The minimum atomic E-state index is -3.69. The number of ketones is 1. The number of aryl methyl sites for hydroxylation is 1. The summed E-state index contributed by atoms with van der Waals surface area (Å²) in [5.41, 5.74) is 4.21. The van der Waals surface area contributed by atoms with Crippen LogP contribution in [0.3, 0.4) is 0 Å². The first-order valence-corrected chi connectivity index (χ1v) is 14.5. The lowest BCUT2D eigenvalue weighted by Crippen LogP contribution is -2.36. The third kappa shape index (κ3) is 8.15. The molecule has 2 heterocycles. The van der Waals surface area contributed by atoms with E-state index >= 15 is 0 Å². The Morgan fingerprint density at radius 3 is 2.41 bits per heavy atom. The molecule has 0 fully saturated rings. The number of aliphatic hydroxyl groups is 1. The van der Waals surface area contributed by atoms with E-state index in [1.807, 2.05) is 36.4 Å². The number of carbonyl (C=O) groups excluding carboxylic acids is 1. The van der Waals surface area contributed by atoms with E-state index in [1.54, 1.807) is 42.7 Å². The zero-order valence-corrected chi connectivity index (χ0v) is 24.6. The number of pyridine rings is 1. The Balaban J connectivity index is 0.00000231. The van der Waals surface area contributed by atoms with Gasteiger partial charge in [-0.15, -0.1) is 24.8 Å². The third-order valence-corrected chi connectivity index (χ3v) is 8.46. The summed E-state index contributed by atoms with van der Waals surface area (Å²) in [4.78, 5) is 16.9. The van der Waals surface area contributed by atoms with E-state index in [0.717, 1.165) is 40.8 Å². The average Bonchev–Trinajstić information content (AvgIpc) is 2.97. The summed E-state index contributed by atoms with van der Waals surface area (Å²) in [7, 11) is -3.69.